The second-order valence-electron chi connectivity index (χ2n) is 6.03. The highest BCUT2D eigenvalue weighted by Crippen LogP contribution is 2.22. The lowest BCUT2D eigenvalue weighted by molar-refractivity contribution is -0.141. The number of carbonyl (C=O) groups excluding carboxylic acids is 2. The molecule has 0 spiro atoms. The van der Waals surface area contributed by atoms with Crippen molar-refractivity contribution >= 4 is 11.8 Å². The van der Waals surface area contributed by atoms with Crippen LogP contribution in [0, 0.1) is 5.92 Å². The van der Waals surface area contributed by atoms with Crippen molar-refractivity contribution in [2.24, 2.45) is 5.92 Å². The van der Waals surface area contributed by atoms with Crippen molar-refractivity contribution in [3.63, 3.8) is 0 Å². The Morgan fingerprint density at radius 3 is 2.67 bits per heavy atom. The number of piperazine rings is 1. The standard InChI is InChI=1S/C13H23N3O2/c1-13(2)9-16(7-6-15(13)3)12(18)10-4-5-11(17)14-8-10/h10H,4-9H2,1-3H3,(H,14,17). The van der Waals surface area contributed by atoms with Gasteiger partial charge in [-0.05, 0) is 27.3 Å². The first-order valence-electron chi connectivity index (χ1n) is 6.67. The molecule has 2 fully saturated rings. The number of hydrogen-bond donors (Lipinski definition) is 1. The van der Waals surface area contributed by atoms with Gasteiger partial charge in [0, 0.05) is 38.1 Å². The van der Waals surface area contributed by atoms with Gasteiger partial charge >= 0.3 is 0 Å². The lowest BCUT2D eigenvalue weighted by Crippen LogP contribution is -2.60. The van der Waals surface area contributed by atoms with Gasteiger partial charge in [0.2, 0.25) is 11.8 Å². The van der Waals surface area contributed by atoms with Crippen molar-refractivity contribution in [3.8, 4) is 0 Å². The molecule has 1 unspecified atom stereocenters. The van der Waals surface area contributed by atoms with Crippen LogP contribution < -0.4 is 5.32 Å². The average Bonchev–Trinajstić information content (AvgIpc) is 2.33. The first kappa shape index (κ1) is 13.3. The van der Waals surface area contributed by atoms with Gasteiger partial charge in [-0.15, -0.1) is 0 Å². The summed E-state index contributed by atoms with van der Waals surface area (Å²) in [6.45, 7) is 7.31. The molecule has 0 aromatic heterocycles. The lowest BCUT2D eigenvalue weighted by Gasteiger charge is -2.46. The molecule has 0 radical (unpaired) electrons. The van der Waals surface area contributed by atoms with E-state index in [2.05, 4.69) is 31.1 Å². The molecular weight excluding hydrogens is 230 g/mol. The number of likely N-dealkylation sites (N-methyl/N-ethyl adjacent to an activating group) is 1. The molecule has 0 aliphatic carbocycles. The molecule has 0 saturated carbocycles. The van der Waals surface area contributed by atoms with Gasteiger partial charge in [0.15, 0.2) is 0 Å². The smallest absolute Gasteiger partial charge is 0.227 e. The van der Waals surface area contributed by atoms with Crippen molar-refractivity contribution in [2.75, 3.05) is 33.2 Å². The molecular formula is C13H23N3O2. The molecule has 2 heterocycles. The number of amides is 2. The molecule has 0 bridgehead atoms. The third-order valence-corrected chi connectivity index (χ3v) is 4.24. The highest BCUT2D eigenvalue weighted by molar-refractivity contribution is 5.83. The minimum absolute atomic E-state index is 0.0260. The Morgan fingerprint density at radius 2 is 2.11 bits per heavy atom. The van der Waals surface area contributed by atoms with Crippen molar-refractivity contribution in [1.82, 2.24) is 15.1 Å². The molecule has 18 heavy (non-hydrogen) atoms. The zero-order chi connectivity index (χ0) is 13.3. The lowest BCUT2D eigenvalue weighted by atomic mass is 9.94. The zero-order valence-electron chi connectivity index (χ0n) is 11.5. The molecule has 0 aromatic carbocycles. The maximum Gasteiger partial charge on any atom is 0.227 e. The minimum Gasteiger partial charge on any atom is -0.355 e. The number of nitrogens with one attached hydrogen (secondary N) is 1. The zero-order valence-corrected chi connectivity index (χ0v) is 11.5. The second-order valence-corrected chi connectivity index (χ2v) is 6.03. The van der Waals surface area contributed by atoms with Gasteiger partial charge in [-0.3, -0.25) is 14.5 Å². The Morgan fingerprint density at radius 1 is 1.39 bits per heavy atom. The summed E-state index contributed by atoms with van der Waals surface area (Å²) >= 11 is 0. The second kappa shape index (κ2) is 4.88. The van der Waals surface area contributed by atoms with Crippen LogP contribution in [-0.4, -0.2) is 60.4 Å². The summed E-state index contributed by atoms with van der Waals surface area (Å²) in [4.78, 5) is 27.8. The Balaban J connectivity index is 1.95. The summed E-state index contributed by atoms with van der Waals surface area (Å²) in [5, 5.41) is 2.78. The van der Waals surface area contributed by atoms with Crippen LogP contribution in [0.5, 0.6) is 0 Å². The fourth-order valence-electron chi connectivity index (χ4n) is 2.63. The van der Waals surface area contributed by atoms with Crippen LogP contribution in [0.4, 0.5) is 0 Å². The van der Waals surface area contributed by atoms with E-state index < -0.39 is 0 Å². The van der Waals surface area contributed by atoms with Crippen molar-refractivity contribution in [1.29, 1.82) is 0 Å². The van der Waals surface area contributed by atoms with E-state index in [9.17, 15) is 9.59 Å². The summed E-state index contributed by atoms with van der Waals surface area (Å²) in [7, 11) is 2.10. The van der Waals surface area contributed by atoms with Gasteiger partial charge in [0.25, 0.3) is 0 Å². The summed E-state index contributed by atoms with van der Waals surface area (Å²) in [6.07, 6.45) is 1.17. The fourth-order valence-corrected chi connectivity index (χ4v) is 2.63. The Hall–Kier alpha value is -1.10. The molecule has 2 aliphatic rings. The molecule has 102 valence electrons. The van der Waals surface area contributed by atoms with E-state index in [1.807, 2.05) is 4.90 Å². The number of piperidine rings is 1. The Labute approximate surface area is 108 Å². The first-order chi connectivity index (χ1) is 8.40. The van der Waals surface area contributed by atoms with Gasteiger partial charge in [-0.25, -0.2) is 0 Å². The summed E-state index contributed by atoms with van der Waals surface area (Å²) in [5.74, 6) is 0.246. The van der Waals surface area contributed by atoms with Crippen LogP contribution in [0.15, 0.2) is 0 Å². The quantitative estimate of drug-likeness (QED) is 0.719. The van der Waals surface area contributed by atoms with Gasteiger partial charge in [0.05, 0.1) is 5.92 Å². The molecule has 0 aromatic rings. The molecule has 2 rings (SSSR count). The van der Waals surface area contributed by atoms with Crippen molar-refractivity contribution in [2.45, 2.75) is 32.2 Å². The van der Waals surface area contributed by atoms with Crippen molar-refractivity contribution < 1.29 is 9.59 Å². The van der Waals surface area contributed by atoms with E-state index in [0.717, 1.165) is 19.6 Å². The normalized spacial score (nSPS) is 28.9. The number of carbonyl (C=O) groups is 2. The Kier molecular flexibility index (Phi) is 3.61. The summed E-state index contributed by atoms with van der Waals surface area (Å²) < 4.78 is 0. The van der Waals surface area contributed by atoms with Crippen LogP contribution in [0.3, 0.4) is 0 Å². The van der Waals surface area contributed by atoms with Crippen LogP contribution in [0.1, 0.15) is 26.7 Å². The van der Waals surface area contributed by atoms with Crippen LogP contribution in [0.25, 0.3) is 0 Å². The summed E-state index contributed by atoms with van der Waals surface area (Å²) in [6, 6.07) is 0. The van der Waals surface area contributed by atoms with E-state index in [1.165, 1.54) is 0 Å². The van der Waals surface area contributed by atoms with E-state index >= 15 is 0 Å². The topological polar surface area (TPSA) is 52.7 Å². The molecule has 2 saturated heterocycles. The molecule has 1 N–H and O–H groups in total. The first-order valence-corrected chi connectivity index (χ1v) is 6.67. The van der Waals surface area contributed by atoms with Crippen molar-refractivity contribution in [3.05, 3.63) is 0 Å². The Bertz CT molecular complexity index is 344. The average molecular weight is 253 g/mol. The fraction of sp³-hybridized carbons (Fsp3) is 0.846. The van der Waals surface area contributed by atoms with Gasteiger partial charge < -0.3 is 10.2 Å². The van der Waals surface area contributed by atoms with E-state index in [0.29, 0.717) is 19.4 Å². The predicted molar refractivity (Wildman–Crippen MR) is 69.0 cm³/mol. The summed E-state index contributed by atoms with van der Waals surface area (Å²) in [5.41, 5.74) is 0.0336. The van der Waals surface area contributed by atoms with Gasteiger partial charge in [-0.2, -0.15) is 0 Å². The highest BCUT2D eigenvalue weighted by atomic mass is 16.2. The highest BCUT2D eigenvalue weighted by Gasteiger charge is 2.36. The molecule has 2 aliphatic heterocycles. The molecule has 5 heteroatoms. The largest absolute Gasteiger partial charge is 0.355 e. The molecule has 1 atom stereocenters. The maximum atomic E-state index is 12.4. The monoisotopic (exact) mass is 253 g/mol. The minimum atomic E-state index is -0.0260. The predicted octanol–water partition coefficient (Wildman–Crippen LogP) is 0.0652. The maximum absolute atomic E-state index is 12.4. The third-order valence-electron chi connectivity index (χ3n) is 4.24. The molecule has 5 nitrogen and oxygen atoms in total. The van der Waals surface area contributed by atoms with E-state index in [-0.39, 0.29) is 23.3 Å². The van der Waals surface area contributed by atoms with Crippen LogP contribution in [-0.2, 0) is 9.59 Å². The number of rotatable bonds is 1. The number of nitrogens with zero attached hydrogens (tertiary/aromatic N) is 2. The van der Waals surface area contributed by atoms with Gasteiger partial charge in [0.1, 0.15) is 0 Å². The third kappa shape index (κ3) is 2.66. The van der Waals surface area contributed by atoms with Crippen LogP contribution >= 0.6 is 0 Å². The van der Waals surface area contributed by atoms with E-state index in [1.54, 1.807) is 0 Å². The number of hydrogen-bond acceptors (Lipinski definition) is 3. The van der Waals surface area contributed by atoms with Crippen LogP contribution in [0.2, 0.25) is 0 Å². The van der Waals surface area contributed by atoms with Gasteiger partial charge in [-0.1, -0.05) is 0 Å². The van der Waals surface area contributed by atoms with E-state index in [4.69, 9.17) is 0 Å². The SMILES string of the molecule is CN1CCN(C(=O)C2CCC(=O)NC2)CC1(C)C. The molecule has 2 amide bonds.